The van der Waals surface area contributed by atoms with Gasteiger partial charge in [0.15, 0.2) is 0 Å². The Kier molecular flexibility index (Phi) is 6.86. The summed E-state index contributed by atoms with van der Waals surface area (Å²) in [7, 11) is 0. The Labute approximate surface area is 153 Å². The molecule has 0 aliphatic rings. The van der Waals surface area contributed by atoms with Crippen LogP contribution >= 0.6 is 11.8 Å². The van der Waals surface area contributed by atoms with Crippen LogP contribution in [0.5, 0.6) is 0 Å². The van der Waals surface area contributed by atoms with Crippen molar-refractivity contribution < 1.29 is 19.6 Å². The molecule has 2 N–H and O–H groups in total. The zero-order valence-corrected chi connectivity index (χ0v) is 14.3. The molecule has 0 radical (unpaired) electrons. The number of nitrogens with zero attached hydrogens (tertiary/aromatic N) is 2. The third-order valence-electron chi connectivity index (χ3n) is 3.21. The first-order valence-corrected chi connectivity index (χ1v) is 8.57. The summed E-state index contributed by atoms with van der Waals surface area (Å²) in [6, 6.07) is 12.2. The quantitative estimate of drug-likeness (QED) is 0.417. The first-order chi connectivity index (χ1) is 12.5. The second-order valence-electron chi connectivity index (χ2n) is 5.14. The van der Waals surface area contributed by atoms with Crippen LogP contribution in [-0.2, 0) is 10.5 Å². The van der Waals surface area contributed by atoms with E-state index in [4.69, 9.17) is 5.11 Å². The summed E-state index contributed by atoms with van der Waals surface area (Å²) in [5.41, 5.74) is 4.13. The molecule has 1 amide bonds. The van der Waals surface area contributed by atoms with E-state index >= 15 is 0 Å². The molecule has 2 rings (SSSR count). The lowest BCUT2D eigenvalue weighted by Crippen LogP contribution is -2.19. The number of carbonyl (C=O) groups excluding carboxylic acids is 1. The van der Waals surface area contributed by atoms with E-state index < -0.39 is 10.9 Å². The number of carbonyl (C=O) groups is 2. The van der Waals surface area contributed by atoms with Gasteiger partial charge in [0.05, 0.1) is 22.5 Å². The van der Waals surface area contributed by atoms with Gasteiger partial charge in [0, 0.05) is 17.9 Å². The van der Waals surface area contributed by atoms with Crippen LogP contribution in [-0.4, -0.2) is 33.9 Å². The molecule has 0 fully saturated rings. The molecule has 26 heavy (non-hydrogen) atoms. The zero-order valence-electron chi connectivity index (χ0n) is 13.5. The van der Waals surface area contributed by atoms with Gasteiger partial charge in [-0.25, -0.2) is 10.2 Å². The molecule has 0 aromatic heterocycles. The number of benzene rings is 2. The van der Waals surface area contributed by atoms with Crippen LogP contribution in [0.4, 0.5) is 5.69 Å². The number of thioether (sulfide) groups is 1. The van der Waals surface area contributed by atoms with Crippen LogP contribution in [0.15, 0.2) is 53.6 Å². The summed E-state index contributed by atoms with van der Waals surface area (Å²) in [4.78, 5) is 32.6. The van der Waals surface area contributed by atoms with Crippen LogP contribution in [0.2, 0.25) is 0 Å². The van der Waals surface area contributed by atoms with Crippen molar-refractivity contribution in [2.45, 2.75) is 5.75 Å². The number of hydrogen-bond acceptors (Lipinski definition) is 6. The number of hydrazone groups is 1. The van der Waals surface area contributed by atoms with Crippen molar-refractivity contribution in [3.05, 3.63) is 75.3 Å². The minimum atomic E-state index is -1.01. The van der Waals surface area contributed by atoms with Crippen LogP contribution in [0.25, 0.3) is 0 Å². The van der Waals surface area contributed by atoms with Gasteiger partial charge in [0.25, 0.3) is 5.69 Å². The molecule has 8 nitrogen and oxygen atoms in total. The highest BCUT2D eigenvalue weighted by Gasteiger charge is 2.05. The van der Waals surface area contributed by atoms with Gasteiger partial charge >= 0.3 is 5.97 Å². The van der Waals surface area contributed by atoms with Gasteiger partial charge in [0.1, 0.15) is 0 Å². The Morgan fingerprint density at radius 1 is 1.15 bits per heavy atom. The Morgan fingerprint density at radius 2 is 1.81 bits per heavy atom. The van der Waals surface area contributed by atoms with E-state index in [1.165, 1.54) is 42.2 Å². The Morgan fingerprint density at radius 3 is 2.38 bits per heavy atom. The van der Waals surface area contributed by atoms with Gasteiger partial charge in [-0.2, -0.15) is 5.10 Å². The molecule has 9 heteroatoms. The van der Waals surface area contributed by atoms with E-state index in [1.54, 1.807) is 24.3 Å². The van der Waals surface area contributed by atoms with Crippen molar-refractivity contribution in [2.75, 3.05) is 5.75 Å². The molecule has 0 atom stereocenters. The standard InChI is InChI=1S/C17H15N3O5S/c21-16(11-26-10-13-3-7-15(8-4-13)20(24)25)19-18-9-12-1-5-14(6-2-12)17(22)23/h1-9H,10-11H2,(H,19,21)(H,22,23). The molecular weight excluding hydrogens is 358 g/mol. The average molecular weight is 373 g/mol. The van der Waals surface area contributed by atoms with Crippen molar-refractivity contribution in [3.63, 3.8) is 0 Å². The lowest BCUT2D eigenvalue weighted by Gasteiger charge is -2.01. The number of carboxylic acids is 1. The lowest BCUT2D eigenvalue weighted by atomic mass is 10.1. The van der Waals surface area contributed by atoms with Gasteiger partial charge in [-0.1, -0.05) is 24.3 Å². The third kappa shape index (κ3) is 6.02. The van der Waals surface area contributed by atoms with Crippen LogP contribution in [0.3, 0.4) is 0 Å². The first kappa shape index (κ1) is 19.1. The average Bonchev–Trinajstić information content (AvgIpc) is 2.62. The summed E-state index contributed by atoms with van der Waals surface area (Å²) >= 11 is 1.36. The van der Waals surface area contributed by atoms with Crippen molar-refractivity contribution in [3.8, 4) is 0 Å². The monoisotopic (exact) mass is 373 g/mol. The molecule has 0 bridgehead atoms. The van der Waals surface area contributed by atoms with Crippen LogP contribution in [0, 0.1) is 10.1 Å². The largest absolute Gasteiger partial charge is 0.478 e. The number of amides is 1. The Hall–Kier alpha value is -3.20. The summed E-state index contributed by atoms with van der Waals surface area (Å²) in [5.74, 6) is -0.555. The van der Waals surface area contributed by atoms with E-state index in [0.717, 1.165) is 5.56 Å². The highest BCUT2D eigenvalue weighted by Crippen LogP contribution is 2.16. The van der Waals surface area contributed by atoms with Gasteiger partial charge in [-0.3, -0.25) is 14.9 Å². The maximum absolute atomic E-state index is 11.7. The lowest BCUT2D eigenvalue weighted by molar-refractivity contribution is -0.384. The highest BCUT2D eigenvalue weighted by molar-refractivity contribution is 7.99. The fourth-order valence-corrected chi connectivity index (χ4v) is 2.68. The maximum atomic E-state index is 11.7. The van der Waals surface area contributed by atoms with Gasteiger partial charge in [0.2, 0.25) is 5.91 Å². The molecule has 0 saturated carbocycles. The van der Waals surface area contributed by atoms with Crippen LogP contribution in [0.1, 0.15) is 21.5 Å². The first-order valence-electron chi connectivity index (χ1n) is 7.42. The summed E-state index contributed by atoms with van der Waals surface area (Å²) in [6.07, 6.45) is 1.42. The van der Waals surface area contributed by atoms with Gasteiger partial charge < -0.3 is 5.11 Å². The highest BCUT2D eigenvalue weighted by atomic mass is 32.2. The molecule has 2 aromatic rings. The van der Waals surface area contributed by atoms with Crippen molar-refractivity contribution >= 4 is 35.5 Å². The molecule has 0 aliphatic heterocycles. The molecule has 0 heterocycles. The minimum absolute atomic E-state index is 0.0298. The predicted molar refractivity (Wildman–Crippen MR) is 98.4 cm³/mol. The zero-order chi connectivity index (χ0) is 18.9. The number of carboxylic acid groups (broad SMARTS) is 1. The second-order valence-corrected chi connectivity index (χ2v) is 6.12. The van der Waals surface area contributed by atoms with E-state index in [1.807, 2.05) is 0 Å². The molecule has 0 saturated heterocycles. The van der Waals surface area contributed by atoms with E-state index in [2.05, 4.69) is 10.5 Å². The van der Waals surface area contributed by atoms with Gasteiger partial charge in [-0.15, -0.1) is 11.8 Å². The van der Waals surface area contributed by atoms with Gasteiger partial charge in [-0.05, 0) is 23.3 Å². The Bertz CT molecular complexity index is 819. The van der Waals surface area contributed by atoms with E-state index in [9.17, 15) is 19.7 Å². The number of rotatable bonds is 8. The Balaban J connectivity index is 1.73. The summed E-state index contributed by atoms with van der Waals surface area (Å²) in [5, 5.41) is 23.2. The normalized spacial score (nSPS) is 10.6. The van der Waals surface area contributed by atoms with Crippen molar-refractivity contribution in [1.29, 1.82) is 0 Å². The van der Waals surface area contributed by atoms with E-state index in [-0.39, 0.29) is 22.9 Å². The van der Waals surface area contributed by atoms with E-state index in [0.29, 0.717) is 11.3 Å². The second kappa shape index (κ2) is 9.33. The molecule has 0 spiro atoms. The summed E-state index contributed by atoms with van der Waals surface area (Å²) in [6.45, 7) is 0. The fraction of sp³-hybridized carbons (Fsp3) is 0.118. The molecule has 0 unspecified atom stereocenters. The molecule has 0 aliphatic carbocycles. The number of aromatic carboxylic acids is 1. The smallest absolute Gasteiger partial charge is 0.335 e. The van der Waals surface area contributed by atoms with Crippen molar-refractivity contribution in [2.24, 2.45) is 5.10 Å². The SMILES string of the molecule is O=C(CSCc1ccc([N+](=O)[O-])cc1)NN=Cc1ccc(C(=O)O)cc1. The predicted octanol–water partition coefficient (Wildman–Crippen LogP) is 2.68. The van der Waals surface area contributed by atoms with Crippen molar-refractivity contribution in [1.82, 2.24) is 5.43 Å². The minimum Gasteiger partial charge on any atom is -0.478 e. The number of nitro groups is 1. The maximum Gasteiger partial charge on any atom is 0.335 e. The number of nitro benzene ring substituents is 1. The fourth-order valence-electron chi connectivity index (χ4n) is 1.90. The molecule has 2 aromatic carbocycles. The summed E-state index contributed by atoms with van der Waals surface area (Å²) < 4.78 is 0. The topological polar surface area (TPSA) is 122 Å². The molecule has 134 valence electrons. The number of nitrogens with one attached hydrogen (secondary N) is 1. The molecular formula is C17H15N3O5S. The van der Waals surface area contributed by atoms with Crippen LogP contribution < -0.4 is 5.43 Å². The number of hydrogen-bond donors (Lipinski definition) is 2. The number of non-ortho nitro benzene ring substituents is 1. The third-order valence-corrected chi connectivity index (χ3v) is 4.21.